The topological polar surface area (TPSA) is 52.3 Å². The molecule has 1 rings (SSSR count). The van der Waals surface area contributed by atoms with E-state index in [0.717, 1.165) is 0 Å². The summed E-state index contributed by atoms with van der Waals surface area (Å²) < 4.78 is 4.59. The smallest absolute Gasteiger partial charge is 0.307 e. The Morgan fingerprint density at radius 1 is 1.46 bits per heavy atom. The molecule has 1 fully saturated rings. The molecule has 76 valence electrons. The fourth-order valence-corrected chi connectivity index (χ4v) is 2.00. The molecule has 0 spiro atoms. The monoisotopic (exact) mass is 185 g/mol. The van der Waals surface area contributed by atoms with Gasteiger partial charge in [0, 0.05) is 6.04 Å². The second-order valence-electron chi connectivity index (χ2n) is 3.84. The van der Waals surface area contributed by atoms with Crippen molar-refractivity contribution in [1.29, 1.82) is 0 Å². The first-order valence-electron chi connectivity index (χ1n) is 5.06. The maximum atomic E-state index is 11.0. The van der Waals surface area contributed by atoms with Gasteiger partial charge in [-0.3, -0.25) is 4.79 Å². The van der Waals surface area contributed by atoms with E-state index in [1.54, 1.807) is 0 Å². The van der Waals surface area contributed by atoms with E-state index in [0.29, 0.717) is 12.3 Å². The fourth-order valence-electron chi connectivity index (χ4n) is 2.00. The quantitative estimate of drug-likeness (QED) is 0.677. The van der Waals surface area contributed by atoms with Crippen LogP contribution in [0.2, 0.25) is 0 Å². The molecule has 3 heteroatoms. The summed E-state index contributed by atoms with van der Waals surface area (Å²) in [5, 5.41) is 0. The molecule has 1 aliphatic rings. The van der Waals surface area contributed by atoms with Gasteiger partial charge >= 0.3 is 5.97 Å². The zero-order chi connectivity index (χ0) is 9.68. The lowest BCUT2D eigenvalue weighted by molar-refractivity contribution is -0.141. The van der Waals surface area contributed by atoms with Crippen molar-refractivity contribution in [3.05, 3.63) is 0 Å². The molecule has 0 saturated heterocycles. The van der Waals surface area contributed by atoms with Crippen molar-refractivity contribution in [2.75, 3.05) is 7.11 Å². The van der Waals surface area contributed by atoms with Gasteiger partial charge in [-0.05, 0) is 18.8 Å². The molecule has 0 aliphatic heterocycles. The summed E-state index contributed by atoms with van der Waals surface area (Å²) in [6.45, 7) is 0. The lowest BCUT2D eigenvalue weighted by Crippen LogP contribution is -2.34. The second kappa shape index (κ2) is 5.22. The molecule has 0 aromatic carbocycles. The first-order valence-corrected chi connectivity index (χ1v) is 5.06. The molecule has 0 radical (unpaired) electrons. The van der Waals surface area contributed by atoms with Gasteiger partial charge in [0.25, 0.3) is 0 Å². The van der Waals surface area contributed by atoms with Crippen LogP contribution in [-0.2, 0) is 9.53 Å². The number of carbonyl (C=O) groups excluding carboxylic acids is 1. The summed E-state index contributed by atoms with van der Waals surface area (Å²) in [7, 11) is 1.41. The Morgan fingerprint density at radius 3 is 2.62 bits per heavy atom. The van der Waals surface area contributed by atoms with Crippen LogP contribution >= 0.6 is 0 Å². The van der Waals surface area contributed by atoms with Gasteiger partial charge in [-0.2, -0.15) is 0 Å². The van der Waals surface area contributed by atoms with Gasteiger partial charge in [0.15, 0.2) is 0 Å². The number of carbonyl (C=O) groups is 1. The Balaban J connectivity index is 2.28. The number of methoxy groups -OCH3 is 1. The molecule has 0 aromatic rings. The zero-order valence-corrected chi connectivity index (χ0v) is 8.29. The van der Waals surface area contributed by atoms with Crippen LogP contribution in [0.1, 0.15) is 38.5 Å². The minimum atomic E-state index is -0.182. The highest BCUT2D eigenvalue weighted by Crippen LogP contribution is 2.26. The molecule has 1 unspecified atom stereocenters. The highest BCUT2D eigenvalue weighted by molar-refractivity contribution is 5.69. The third-order valence-corrected chi connectivity index (χ3v) is 2.89. The molecule has 0 amide bonds. The summed E-state index contributed by atoms with van der Waals surface area (Å²) in [4.78, 5) is 11.0. The van der Waals surface area contributed by atoms with Gasteiger partial charge in [0.2, 0.25) is 0 Å². The standard InChI is InChI=1S/C10H19NO2/c1-13-10(12)7-9(11)8-5-3-2-4-6-8/h8-9H,2-7,11H2,1H3. The van der Waals surface area contributed by atoms with Crippen molar-refractivity contribution in [1.82, 2.24) is 0 Å². The summed E-state index contributed by atoms with van der Waals surface area (Å²) >= 11 is 0. The lowest BCUT2D eigenvalue weighted by atomic mass is 9.83. The van der Waals surface area contributed by atoms with Gasteiger partial charge in [0.1, 0.15) is 0 Å². The van der Waals surface area contributed by atoms with Gasteiger partial charge < -0.3 is 10.5 Å². The minimum Gasteiger partial charge on any atom is -0.469 e. The van der Waals surface area contributed by atoms with Crippen LogP contribution in [0.15, 0.2) is 0 Å². The minimum absolute atomic E-state index is 0.00718. The first kappa shape index (κ1) is 10.5. The molecule has 13 heavy (non-hydrogen) atoms. The zero-order valence-electron chi connectivity index (χ0n) is 8.29. The molecular formula is C10H19NO2. The maximum Gasteiger partial charge on any atom is 0.307 e. The number of esters is 1. The Bertz CT molecular complexity index is 164. The largest absolute Gasteiger partial charge is 0.469 e. The van der Waals surface area contributed by atoms with Crippen molar-refractivity contribution in [3.63, 3.8) is 0 Å². The van der Waals surface area contributed by atoms with Crippen molar-refractivity contribution in [3.8, 4) is 0 Å². The fraction of sp³-hybridized carbons (Fsp3) is 0.900. The van der Waals surface area contributed by atoms with Crippen LogP contribution in [0.5, 0.6) is 0 Å². The molecule has 0 bridgehead atoms. The van der Waals surface area contributed by atoms with Crippen molar-refractivity contribution in [2.45, 2.75) is 44.6 Å². The Morgan fingerprint density at radius 2 is 2.08 bits per heavy atom. The van der Waals surface area contributed by atoms with Crippen LogP contribution in [-0.4, -0.2) is 19.1 Å². The third-order valence-electron chi connectivity index (χ3n) is 2.89. The van der Waals surface area contributed by atoms with Gasteiger partial charge in [0.05, 0.1) is 13.5 Å². The number of rotatable bonds is 3. The average molecular weight is 185 g/mol. The molecule has 2 N–H and O–H groups in total. The van der Waals surface area contributed by atoms with Crippen LogP contribution in [0.25, 0.3) is 0 Å². The van der Waals surface area contributed by atoms with Gasteiger partial charge in [-0.15, -0.1) is 0 Å². The van der Waals surface area contributed by atoms with E-state index in [1.807, 2.05) is 0 Å². The van der Waals surface area contributed by atoms with E-state index < -0.39 is 0 Å². The van der Waals surface area contributed by atoms with Gasteiger partial charge in [-0.25, -0.2) is 0 Å². The van der Waals surface area contributed by atoms with Gasteiger partial charge in [-0.1, -0.05) is 19.3 Å². The lowest BCUT2D eigenvalue weighted by Gasteiger charge is -2.26. The molecular weight excluding hydrogens is 166 g/mol. The van der Waals surface area contributed by atoms with Crippen LogP contribution in [0.4, 0.5) is 0 Å². The summed E-state index contributed by atoms with van der Waals surface area (Å²) in [5.41, 5.74) is 5.92. The van der Waals surface area contributed by atoms with E-state index in [9.17, 15) is 4.79 Å². The van der Waals surface area contributed by atoms with E-state index >= 15 is 0 Å². The molecule has 0 aromatic heterocycles. The van der Waals surface area contributed by atoms with Crippen molar-refractivity contribution >= 4 is 5.97 Å². The molecule has 3 nitrogen and oxygen atoms in total. The van der Waals surface area contributed by atoms with E-state index in [-0.39, 0.29) is 12.0 Å². The number of nitrogens with two attached hydrogens (primary N) is 1. The van der Waals surface area contributed by atoms with Crippen LogP contribution in [0.3, 0.4) is 0 Å². The third kappa shape index (κ3) is 3.35. The number of hydrogen-bond donors (Lipinski definition) is 1. The normalized spacial score (nSPS) is 21.1. The second-order valence-corrected chi connectivity index (χ2v) is 3.84. The van der Waals surface area contributed by atoms with Crippen molar-refractivity contribution in [2.24, 2.45) is 11.7 Å². The molecule has 1 aliphatic carbocycles. The first-order chi connectivity index (χ1) is 6.24. The maximum absolute atomic E-state index is 11.0. The summed E-state index contributed by atoms with van der Waals surface area (Å²) in [6, 6.07) is 0.00718. The SMILES string of the molecule is COC(=O)CC(N)C1CCCCC1. The Kier molecular flexibility index (Phi) is 4.22. The van der Waals surface area contributed by atoms with E-state index in [2.05, 4.69) is 4.74 Å². The molecule has 1 saturated carbocycles. The number of ether oxygens (including phenoxy) is 1. The summed E-state index contributed by atoms with van der Waals surface area (Å²) in [6.07, 6.45) is 6.58. The number of hydrogen-bond acceptors (Lipinski definition) is 3. The highest BCUT2D eigenvalue weighted by atomic mass is 16.5. The van der Waals surface area contributed by atoms with Crippen LogP contribution in [0, 0.1) is 5.92 Å². The highest BCUT2D eigenvalue weighted by Gasteiger charge is 2.22. The average Bonchev–Trinajstić information content (AvgIpc) is 2.19. The molecule has 1 atom stereocenters. The van der Waals surface area contributed by atoms with E-state index in [4.69, 9.17) is 5.73 Å². The predicted molar refractivity (Wildman–Crippen MR) is 51.2 cm³/mol. The molecule has 0 heterocycles. The van der Waals surface area contributed by atoms with E-state index in [1.165, 1.54) is 39.2 Å². The Hall–Kier alpha value is -0.570. The summed E-state index contributed by atoms with van der Waals surface area (Å²) in [5.74, 6) is 0.353. The Labute approximate surface area is 79.6 Å². The van der Waals surface area contributed by atoms with Crippen molar-refractivity contribution < 1.29 is 9.53 Å². The predicted octanol–water partition coefficient (Wildman–Crippen LogP) is 1.46. The van der Waals surface area contributed by atoms with Crippen LogP contribution < -0.4 is 5.73 Å².